The Labute approximate surface area is 146 Å². The van der Waals surface area contributed by atoms with Gasteiger partial charge in [-0.15, -0.1) is 0 Å². The summed E-state index contributed by atoms with van der Waals surface area (Å²) in [5, 5.41) is 2.71. The first-order valence-corrected chi connectivity index (χ1v) is 9.05. The van der Waals surface area contributed by atoms with Crippen LogP contribution in [-0.4, -0.2) is 54.9 Å². The number of halogens is 3. The Bertz CT molecular complexity index is 545. The van der Waals surface area contributed by atoms with Crippen molar-refractivity contribution >= 4 is 5.91 Å². The van der Waals surface area contributed by atoms with Gasteiger partial charge in [0.1, 0.15) is 0 Å². The van der Waals surface area contributed by atoms with E-state index in [4.69, 9.17) is 4.74 Å². The molecule has 0 saturated carbocycles. The van der Waals surface area contributed by atoms with E-state index in [2.05, 4.69) is 30.1 Å². The van der Waals surface area contributed by atoms with E-state index in [0.29, 0.717) is 12.5 Å². The summed E-state index contributed by atoms with van der Waals surface area (Å²) in [6.45, 7) is 7.33. The van der Waals surface area contributed by atoms with Crippen molar-refractivity contribution in [2.45, 2.75) is 57.4 Å². The van der Waals surface area contributed by atoms with Gasteiger partial charge < -0.3 is 10.1 Å². The molecule has 1 amide bonds. The number of amides is 1. The molecule has 3 aliphatic heterocycles. The van der Waals surface area contributed by atoms with Gasteiger partial charge in [0.2, 0.25) is 5.91 Å². The number of alkyl halides is 3. The Balaban J connectivity index is 1.53. The van der Waals surface area contributed by atoms with Crippen LogP contribution < -0.4 is 5.32 Å². The molecular formula is C18H27F3N2O2. The van der Waals surface area contributed by atoms with E-state index in [-0.39, 0.29) is 17.6 Å². The molecule has 3 aliphatic rings. The Morgan fingerprint density at radius 1 is 1.40 bits per heavy atom. The number of hydrogen-bond acceptors (Lipinski definition) is 3. The molecule has 2 bridgehead atoms. The van der Waals surface area contributed by atoms with Gasteiger partial charge in [-0.25, -0.2) is 0 Å². The topological polar surface area (TPSA) is 41.6 Å². The zero-order chi connectivity index (χ0) is 18.2. The molecule has 4 atom stereocenters. The zero-order valence-corrected chi connectivity index (χ0v) is 14.9. The summed E-state index contributed by atoms with van der Waals surface area (Å²) in [6, 6.07) is 0. The summed E-state index contributed by atoms with van der Waals surface area (Å²) < 4.78 is 42.9. The highest BCUT2D eigenvalue weighted by Crippen LogP contribution is 2.54. The van der Waals surface area contributed by atoms with Gasteiger partial charge in [-0.3, -0.25) is 9.69 Å². The third kappa shape index (κ3) is 4.19. The Hall–Kier alpha value is -1.08. The molecule has 1 N–H and O–H groups in total. The Morgan fingerprint density at radius 2 is 2.16 bits per heavy atom. The average Bonchev–Trinajstić information content (AvgIpc) is 3.15. The van der Waals surface area contributed by atoms with E-state index in [1.807, 2.05) is 0 Å². The van der Waals surface area contributed by atoms with E-state index in [1.54, 1.807) is 0 Å². The molecule has 25 heavy (non-hydrogen) atoms. The number of fused-ring (bicyclic) bond motifs is 1. The maximum Gasteiger partial charge on any atom is 0.389 e. The molecule has 4 nitrogen and oxygen atoms in total. The van der Waals surface area contributed by atoms with Gasteiger partial charge in [0, 0.05) is 44.4 Å². The number of rotatable bonds is 6. The fraction of sp³-hybridized carbons (Fsp3) is 0.833. The maximum absolute atomic E-state index is 12.2. The smallest absolute Gasteiger partial charge is 0.370 e. The second kappa shape index (κ2) is 6.91. The number of allylic oxidation sites excluding steroid dienone is 1. The van der Waals surface area contributed by atoms with Gasteiger partial charge in [0.15, 0.2) is 0 Å². The summed E-state index contributed by atoms with van der Waals surface area (Å²) in [4.78, 5) is 14.1. The van der Waals surface area contributed by atoms with Crippen LogP contribution in [0.5, 0.6) is 0 Å². The standard InChI is InChI=1S/C18H27F3N2O2/c1-12(2)5-8-23-10-14-13(15-3-6-17(14,11-23)25-15)9-22-16(24)4-7-18(19,20)21/h5,13-15H,3-4,6-11H2,1-2H3,(H,22,24)/t13-,14+,15+,17+/m0/s1. The highest BCUT2D eigenvalue weighted by molar-refractivity contribution is 5.75. The van der Waals surface area contributed by atoms with Crippen molar-refractivity contribution in [1.82, 2.24) is 10.2 Å². The lowest BCUT2D eigenvalue weighted by molar-refractivity contribution is -0.144. The molecule has 0 radical (unpaired) electrons. The zero-order valence-electron chi connectivity index (χ0n) is 14.9. The normalized spacial score (nSPS) is 34.2. The number of hydrogen-bond donors (Lipinski definition) is 1. The van der Waals surface area contributed by atoms with E-state index < -0.39 is 24.9 Å². The largest absolute Gasteiger partial charge is 0.389 e. The second-order valence-electron chi connectivity index (χ2n) is 7.92. The predicted molar refractivity (Wildman–Crippen MR) is 88.0 cm³/mol. The van der Waals surface area contributed by atoms with Crippen LogP contribution in [0.1, 0.15) is 39.5 Å². The predicted octanol–water partition coefficient (Wildman–Crippen LogP) is 2.89. The lowest BCUT2D eigenvalue weighted by Crippen LogP contribution is -2.42. The van der Waals surface area contributed by atoms with Gasteiger partial charge >= 0.3 is 6.18 Å². The molecule has 0 aromatic heterocycles. The van der Waals surface area contributed by atoms with Gasteiger partial charge in [0.25, 0.3) is 0 Å². The van der Waals surface area contributed by atoms with Crippen LogP contribution >= 0.6 is 0 Å². The van der Waals surface area contributed by atoms with Crippen LogP contribution in [0.15, 0.2) is 11.6 Å². The molecular weight excluding hydrogens is 333 g/mol. The summed E-state index contributed by atoms with van der Waals surface area (Å²) in [5.74, 6) is 0.0496. The number of carbonyl (C=O) groups excluding carboxylic acids is 1. The van der Waals surface area contributed by atoms with Crippen LogP contribution in [0.3, 0.4) is 0 Å². The van der Waals surface area contributed by atoms with Crippen molar-refractivity contribution in [3.8, 4) is 0 Å². The van der Waals surface area contributed by atoms with Crippen molar-refractivity contribution in [1.29, 1.82) is 0 Å². The lowest BCUT2D eigenvalue weighted by Gasteiger charge is -2.29. The Kier molecular flexibility index (Phi) is 5.17. The number of carbonyl (C=O) groups is 1. The van der Waals surface area contributed by atoms with Crippen molar-refractivity contribution in [2.75, 3.05) is 26.2 Å². The van der Waals surface area contributed by atoms with Crippen molar-refractivity contribution in [3.63, 3.8) is 0 Å². The van der Waals surface area contributed by atoms with E-state index in [9.17, 15) is 18.0 Å². The molecule has 0 aromatic rings. The quantitative estimate of drug-likeness (QED) is 0.741. The first kappa shape index (κ1) is 18.7. The molecule has 3 fully saturated rings. The van der Waals surface area contributed by atoms with Crippen LogP contribution in [0.2, 0.25) is 0 Å². The molecule has 1 spiro atoms. The number of nitrogens with one attached hydrogen (secondary N) is 1. The molecule has 0 unspecified atom stereocenters. The molecule has 3 rings (SSSR count). The minimum absolute atomic E-state index is 0.110. The van der Waals surface area contributed by atoms with Gasteiger partial charge in [-0.1, -0.05) is 11.6 Å². The maximum atomic E-state index is 12.2. The van der Waals surface area contributed by atoms with Crippen molar-refractivity contribution in [2.24, 2.45) is 11.8 Å². The summed E-state index contributed by atoms with van der Waals surface area (Å²) in [7, 11) is 0. The van der Waals surface area contributed by atoms with Crippen LogP contribution in [-0.2, 0) is 9.53 Å². The molecule has 142 valence electrons. The minimum Gasteiger partial charge on any atom is -0.370 e. The van der Waals surface area contributed by atoms with Crippen LogP contribution in [0, 0.1) is 11.8 Å². The third-order valence-corrected chi connectivity index (χ3v) is 5.78. The van der Waals surface area contributed by atoms with Crippen LogP contribution in [0.4, 0.5) is 13.2 Å². The van der Waals surface area contributed by atoms with Gasteiger partial charge in [-0.05, 0) is 26.7 Å². The van der Waals surface area contributed by atoms with Crippen molar-refractivity contribution in [3.05, 3.63) is 11.6 Å². The monoisotopic (exact) mass is 360 g/mol. The SMILES string of the molecule is CC(C)=CCN1C[C@@H]2[C@H](CNC(=O)CCC(F)(F)F)[C@H]3CC[C@]2(C1)O3. The fourth-order valence-electron chi connectivity index (χ4n) is 4.59. The first-order valence-electron chi connectivity index (χ1n) is 9.05. The number of ether oxygens (including phenoxy) is 1. The van der Waals surface area contributed by atoms with E-state index in [1.165, 1.54) is 5.57 Å². The van der Waals surface area contributed by atoms with Gasteiger partial charge in [0.05, 0.1) is 18.1 Å². The third-order valence-electron chi connectivity index (χ3n) is 5.78. The fourth-order valence-corrected chi connectivity index (χ4v) is 4.59. The van der Waals surface area contributed by atoms with E-state index in [0.717, 1.165) is 32.5 Å². The number of nitrogens with zero attached hydrogens (tertiary/aromatic N) is 1. The molecule has 3 heterocycles. The van der Waals surface area contributed by atoms with Gasteiger partial charge in [-0.2, -0.15) is 13.2 Å². The lowest BCUT2D eigenvalue weighted by atomic mass is 9.73. The second-order valence-corrected chi connectivity index (χ2v) is 7.92. The highest BCUT2D eigenvalue weighted by Gasteiger charge is 2.62. The number of likely N-dealkylation sites (tertiary alicyclic amines) is 1. The average molecular weight is 360 g/mol. The van der Waals surface area contributed by atoms with Crippen molar-refractivity contribution < 1.29 is 22.7 Å². The molecule has 3 saturated heterocycles. The molecule has 7 heteroatoms. The summed E-state index contributed by atoms with van der Waals surface area (Å²) in [5.41, 5.74) is 1.18. The highest BCUT2D eigenvalue weighted by atomic mass is 19.4. The van der Waals surface area contributed by atoms with Crippen LogP contribution in [0.25, 0.3) is 0 Å². The molecule has 0 aromatic carbocycles. The first-order chi connectivity index (χ1) is 11.7. The summed E-state index contributed by atoms with van der Waals surface area (Å²) in [6.07, 6.45) is -1.47. The minimum atomic E-state index is -4.28. The summed E-state index contributed by atoms with van der Waals surface area (Å²) >= 11 is 0. The Morgan fingerprint density at radius 3 is 2.84 bits per heavy atom. The van der Waals surface area contributed by atoms with E-state index >= 15 is 0 Å². The molecule has 0 aliphatic carbocycles.